The maximum absolute atomic E-state index is 4.60. The van der Waals surface area contributed by atoms with Gasteiger partial charge >= 0.3 is 0 Å². The highest BCUT2D eigenvalue weighted by molar-refractivity contribution is 5.85. The second-order valence-corrected chi connectivity index (χ2v) is 5.74. The minimum absolute atomic E-state index is 0. The second kappa shape index (κ2) is 8.59. The smallest absolute Gasteiger partial charge is 0.193 e. The minimum atomic E-state index is 0. The Hall–Kier alpha value is -2.00. The first-order valence-corrected chi connectivity index (χ1v) is 7.94. The number of nitrogens with one attached hydrogen (secondary N) is 1. The lowest BCUT2D eigenvalue weighted by molar-refractivity contribution is 0.445. The Labute approximate surface area is 144 Å². The predicted molar refractivity (Wildman–Crippen MR) is 99.5 cm³/mol. The van der Waals surface area contributed by atoms with E-state index >= 15 is 0 Å². The van der Waals surface area contributed by atoms with Gasteiger partial charge in [0.15, 0.2) is 5.96 Å². The number of aliphatic imine (C=N–C) groups is 1. The molecule has 4 heteroatoms. The Balaban J connectivity index is 0.00000192. The number of hydrogen-bond acceptors (Lipinski definition) is 3. The van der Waals surface area contributed by atoms with Gasteiger partial charge in [0, 0.05) is 32.6 Å². The summed E-state index contributed by atoms with van der Waals surface area (Å²) in [7, 11) is 2.10. The van der Waals surface area contributed by atoms with Crippen LogP contribution in [0.25, 0.3) is 0 Å². The third-order valence-electron chi connectivity index (χ3n) is 4.14. The first-order valence-electron chi connectivity index (χ1n) is 7.94. The molecule has 23 heavy (non-hydrogen) atoms. The molecular formula is C19H24ClN3. The molecule has 0 bridgehead atoms. The van der Waals surface area contributed by atoms with E-state index in [-0.39, 0.29) is 12.4 Å². The van der Waals surface area contributed by atoms with Crippen LogP contribution in [-0.2, 0) is 0 Å². The zero-order valence-corrected chi connectivity index (χ0v) is 14.3. The van der Waals surface area contributed by atoms with Crippen molar-refractivity contribution in [2.75, 3.05) is 26.7 Å². The average Bonchev–Trinajstić information content (AvgIpc) is 2.59. The van der Waals surface area contributed by atoms with Crippen LogP contribution in [0, 0.1) is 0 Å². The summed E-state index contributed by atoms with van der Waals surface area (Å²) in [5.74, 6) is 1.35. The quantitative estimate of drug-likeness (QED) is 0.929. The normalized spacial score (nSPS) is 14.2. The molecule has 122 valence electrons. The number of guanidine groups is 1. The van der Waals surface area contributed by atoms with E-state index in [0.29, 0.717) is 5.92 Å². The van der Waals surface area contributed by atoms with Gasteiger partial charge in [-0.3, -0.25) is 4.99 Å². The largest absolute Gasteiger partial charge is 0.355 e. The molecule has 2 aromatic rings. The van der Waals surface area contributed by atoms with Gasteiger partial charge in [0.25, 0.3) is 0 Å². The lowest BCUT2D eigenvalue weighted by atomic mass is 9.91. The van der Waals surface area contributed by atoms with Crippen molar-refractivity contribution in [1.29, 1.82) is 0 Å². The first kappa shape index (κ1) is 17.4. The maximum atomic E-state index is 4.60. The van der Waals surface area contributed by atoms with Gasteiger partial charge in [-0.2, -0.15) is 0 Å². The van der Waals surface area contributed by atoms with Gasteiger partial charge in [-0.25, -0.2) is 0 Å². The van der Waals surface area contributed by atoms with Crippen LogP contribution in [0.1, 0.15) is 23.5 Å². The van der Waals surface area contributed by atoms with Crippen LogP contribution in [0.5, 0.6) is 0 Å². The first-order chi connectivity index (χ1) is 10.8. The van der Waals surface area contributed by atoms with Gasteiger partial charge in [0.1, 0.15) is 0 Å². The van der Waals surface area contributed by atoms with E-state index in [0.717, 1.165) is 32.0 Å². The molecule has 1 aliphatic heterocycles. The van der Waals surface area contributed by atoms with Crippen molar-refractivity contribution in [2.45, 2.75) is 12.3 Å². The summed E-state index contributed by atoms with van der Waals surface area (Å²) >= 11 is 0. The van der Waals surface area contributed by atoms with Crippen LogP contribution in [0.4, 0.5) is 0 Å². The molecular weight excluding hydrogens is 306 g/mol. The number of halogens is 1. The molecule has 3 rings (SSSR count). The van der Waals surface area contributed by atoms with Crippen molar-refractivity contribution in [3.05, 3.63) is 71.8 Å². The summed E-state index contributed by atoms with van der Waals surface area (Å²) in [5.41, 5.74) is 2.67. The van der Waals surface area contributed by atoms with E-state index in [2.05, 4.69) is 82.9 Å². The molecule has 0 aliphatic carbocycles. The summed E-state index contributed by atoms with van der Waals surface area (Å²) in [5, 5.41) is 3.54. The van der Waals surface area contributed by atoms with Gasteiger partial charge in [0.2, 0.25) is 0 Å². The molecule has 2 aromatic carbocycles. The van der Waals surface area contributed by atoms with Crippen molar-refractivity contribution < 1.29 is 0 Å². The van der Waals surface area contributed by atoms with Crippen molar-refractivity contribution in [3.63, 3.8) is 0 Å². The molecule has 1 heterocycles. The molecule has 0 amide bonds. The number of rotatable bonds is 4. The van der Waals surface area contributed by atoms with Crippen LogP contribution < -0.4 is 5.32 Å². The standard InChI is InChI=1S/C19H23N3.ClH/c1-22-14-8-13-20-19(22)21-15-18(16-9-4-2-5-10-16)17-11-6-3-7-12-17;/h2-7,9-12,18H,8,13-15H2,1H3,(H,20,21);1H. The zero-order chi connectivity index (χ0) is 15.2. The summed E-state index contributed by atoms with van der Waals surface area (Å²) in [6, 6.07) is 21.4. The van der Waals surface area contributed by atoms with Crippen LogP contribution in [-0.4, -0.2) is 37.5 Å². The van der Waals surface area contributed by atoms with E-state index in [1.165, 1.54) is 11.1 Å². The molecule has 0 spiro atoms. The Kier molecular flexibility index (Phi) is 6.48. The Morgan fingerprint density at radius 2 is 1.57 bits per heavy atom. The number of benzene rings is 2. The fraction of sp³-hybridized carbons (Fsp3) is 0.316. The zero-order valence-electron chi connectivity index (χ0n) is 13.5. The van der Waals surface area contributed by atoms with Crippen molar-refractivity contribution in [3.8, 4) is 0 Å². The van der Waals surface area contributed by atoms with Crippen LogP contribution in [0.15, 0.2) is 65.7 Å². The van der Waals surface area contributed by atoms with Gasteiger partial charge in [-0.15, -0.1) is 12.4 Å². The molecule has 0 atom stereocenters. The van der Waals surface area contributed by atoms with Crippen molar-refractivity contribution in [1.82, 2.24) is 10.2 Å². The molecule has 1 N–H and O–H groups in total. The number of nitrogens with zero attached hydrogens (tertiary/aromatic N) is 2. The second-order valence-electron chi connectivity index (χ2n) is 5.74. The molecule has 0 fully saturated rings. The Bertz CT molecular complexity index is 574. The molecule has 0 saturated heterocycles. The molecule has 0 aromatic heterocycles. The number of hydrogen-bond donors (Lipinski definition) is 1. The third-order valence-corrected chi connectivity index (χ3v) is 4.14. The van der Waals surface area contributed by atoms with Gasteiger partial charge in [0.05, 0.1) is 0 Å². The Morgan fingerprint density at radius 3 is 2.09 bits per heavy atom. The molecule has 3 nitrogen and oxygen atoms in total. The van der Waals surface area contributed by atoms with Gasteiger partial charge in [-0.1, -0.05) is 60.7 Å². The van der Waals surface area contributed by atoms with Crippen LogP contribution in [0.3, 0.4) is 0 Å². The summed E-state index contributed by atoms with van der Waals surface area (Å²) < 4.78 is 0. The lowest BCUT2D eigenvalue weighted by Crippen LogP contribution is -2.43. The van der Waals surface area contributed by atoms with Crippen molar-refractivity contribution in [2.24, 2.45) is 4.99 Å². The molecule has 1 aliphatic rings. The molecule has 0 saturated carbocycles. The third kappa shape index (κ3) is 4.49. The van der Waals surface area contributed by atoms with E-state index in [9.17, 15) is 0 Å². The van der Waals surface area contributed by atoms with Gasteiger partial charge in [-0.05, 0) is 17.5 Å². The maximum Gasteiger partial charge on any atom is 0.193 e. The average molecular weight is 330 g/mol. The highest BCUT2D eigenvalue weighted by atomic mass is 35.5. The fourth-order valence-electron chi connectivity index (χ4n) is 2.90. The van der Waals surface area contributed by atoms with Gasteiger partial charge < -0.3 is 10.2 Å². The van der Waals surface area contributed by atoms with Crippen LogP contribution >= 0.6 is 12.4 Å². The molecule has 0 unspecified atom stereocenters. The van der Waals surface area contributed by atoms with E-state index in [1.807, 2.05) is 0 Å². The lowest BCUT2D eigenvalue weighted by Gasteiger charge is -2.28. The topological polar surface area (TPSA) is 27.6 Å². The predicted octanol–water partition coefficient (Wildman–Crippen LogP) is 3.52. The minimum Gasteiger partial charge on any atom is -0.355 e. The summed E-state index contributed by atoms with van der Waals surface area (Å²) in [4.78, 5) is 6.81. The van der Waals surface area contributed by atoms with Crippen LogP contribution in [0.2, 0.25) is 0 Å². The van der Waals surface area contributed by atoms with E-state index in [1.54, 1.807) is 0 Å². The van der Waals surface area contributed by atoms with E-state index in [4.69, 9.17) is 0 Å². The summed E-state index contributed by atoms with van der Waals surface area (Å²) in [6.07, 6.45) is 1.14. The summed E-state index contributed by atoms with van der Waals surface area (Å²) in [6.45, 7) is 2.86. The molecule has 0 radical (unpaired) electrons. The SMILES string of the molecule is CN1CCCN=C1NCC(c1ccccc1)c1ccccc1.Cl. The fourth-order valence-corrected chi connectivity index (χ4v) is 2.90. The Morgan fingerprint density at radius 1 is 1.00 bits per heavy atom. The highest BCUT2D eigenvalue weighted by Crippen LogP contribution is 2.23. The highest BCUT2D eigenvalue weighted by Gasteiger charge is 2.16. The van der Waals surface area contributed by atoms with E-state index < -0.39 is 0 Å². The van der Waals surface area contributed by atoms with Crippen molar-refractivity contribution >= 4 is 18.4 Å². The monoisotopic (exact) mass is 329 g/mol.